The van der Waals surface area contributed by atoms with Crippen LogP contribution in [0.2, 0.25) is 0 Å². The molecule has 0 radical (unpaired) electrons. The van der Waals surface area contributed by atoms with Gasteiger partial charge in [0.25, 0.3) is 5.56 Å². The Kier molecular flexibility index (Phi) is 5.96. The minimum atomic E-state index is -0.105. The van der Waals surface area contributed by atoms with Gasteiger partial charge < -0.3 is 4.90 Å². The normalized spacial score (nSPS) is 10.9. The van der Waals surface area contributed by atoms with Gasteiger partial charge in [0.1, 0.15) is 0 Å². The Balaban J connectivity index is 1.65. The van der Waals surface area contributed by atoms with Crippen molar-refractivity contribution in [1.82, 2.24) is 14.5 Å². The van der Waals surface area contributed by atoms with Crippen LogP contribution >= 0.6 is 11.8 Å². The third-order valence-corrected chi connectivity index (χ3v) is 5.37. The van der Waals surface area contributed by atoms with Crippen molar-refractivity contribution in [3.8, 4) is 0 Å². The van der Waals surface area contributed by atoms with E-state index in [1.807, 2.05) is 37.4 Å². The smallest absolute Gasteiger partial charge is 0.261 e. The van der Waals surface area contributed by atoms with Crippen molar-refractivity contribution in [3.05, 3.63) is 70.3 Å². The molecule has 3 rings (SSSR count). The summed E-state index contributed by atoms with van der Waals surface area (Å²) < 4.78 is 1.51. The number of hydrogen-bond donors (Lipinski definition) is 0. The van der Waals surface area contributed by atoms with Crippen LogP contribution in [0.3, 0.4) is 0 Å². The highest BCUT2D eigenvalue weighted by atomic mass is 32.2. The van der Waals surface area contributed by atoms with Gasteiger partial charge in [-0.3, -0.25) is 14.2 Å². The van der Waals surface area contributed by atoms with Crippen molar-refractivity contribution in [1.29, 1.82) is 0 Å². The van der Waals surface area contributed by atoms with E-state index in [-0.39, 0.29) is 17.9 Å². The van der Waals surface area contributed by atoms with Crippen LogP contribution in [-0.4, -0.2) is 33.7 Å². The van der Waals surface area contributed by atoms with Crippen LogP contribution < -0.4 is 5.56 Å². The topological polar surface area (TPSA) is 55.2 Å². The predicted molar refractivity (Wildman–Crippen MR) is 110 cm³/mol. The molecular formula is C21H23N3O2S. The van der Waals surface area contributed by atoms with E-state index >= 15 is 0 Å². The van der Waals surface area contributed by atoms with E-state index in [0.717, 1.165) is 16.6 Å². The molecule has 0 aliphatic rings. The highest BCUT2D eigenvalue weighted by molar-refractivity contribution is 7.98. The number of aryl methyl sites for hydroxylation is 2. The van der Waals surface area contributed by atoms with Crippen LogP contribution in [-0.2, 0) is 17.9 Å². The molecule has 2 aromatic carbocycles. The summed E-state index contributed by atoms with van der Waals surface area (Å²) >= 11 is 1.69. The lowest BCUT2D eigenvalue weighted by Crippen LogP contribution is -2.29. The molecule has 0 spiro atoms. The highest BCUT2D eigenvalue weighted by Gasteiger charge is 2.11. The number of fused-ring (bicyclic) bond motifs is 1. The number of carbonyl (C=O) groups is 1. The van der Waals surface area contributed by atoms with E-state index < -0.39 is 0 Å². The van der Waals surface area contributed by atoms with E-state index in [2.05, 4.69) is 17.1 Å². The summed E-state index contributed by atoms with van der Waals surface area (Å²) in [6.07, 6.45) is 3.83. The van der Waals surface area contributed by atoms with Crippen molar-refractivity contribution >= 4 is 28.6 Å². The molecule has 0 saturated heterocycles. The fraction of sp³-hybridized carbons (Fsp3) is 0.286. The Labute approximate surface area is 163 Å². The summed E-state index contributed by atoms with van der Waals surface area (Å²) in [6, 6.07) is 13.8. The van der Waals surface area contributed by atoms with Gasteiger partial charge in [0, 0.05) is 31.5 Å². The number of para-hydroxylation sites is 1. The molecule has 0 bridgehead atoms. The summed E-state index contributed by atoms with van der Waals surface area (Å²) in [5.74, 6) is 0.000169. The fourth-order valence-corrected chi connectivity index (χ4v) is 3.40. The Morgan fingerprint density at radius 1 is 1.19 bits per heavy atom. The number of amides is 1. The maximum absolute atomic E-state index is 12.6. The van der Waals surface area contributed by atoms with Crippen molar-refractivity contribution < 1.29 is 4.79 Å². The Bertz CT molecular complexity index is 1010. The summed E-state index contributed by atoms with van der Waals surface area (Å²) in [5, 5.41) is 0.590. The zero-order valence-corrected chi connectivity index (χ0v) is 16.6. The molecule has 5 nitrogen and oxygen atoms in total. The van der Waals surface area contributed by atoms with Gasteiger partial charge in [0.05, 0.1) is 17.2 Å². The first kappa shape index (κ1) is 19.2. The quantitative estimate of drug-likeness (QED) is 0.614. The molecule has 0 aliphatic carbocycles. The zero-order chi connectivity index (χ0) is 19.4. The number of nitrogens with zero attached hydrogens (tertiary/aromatic N) is 3. The molecule has 1 heterocycles. The zero-order valence-electron chi connectivity index (χ0n) is 15.8. The number of benzene rings is 2. The number of carbonyl (C=O) groups excluding carboxylic acids is 1. The lowest BCUT2D eigenvalue weighted by Gasteiger charge is -2.18. The molecule has 1 aromatic heterocycles. The summed E-state index contributed by atoms with van der Waals surface area (Å²) in [5.41, 5.74) is 2.67. The van der Waals surface area contributed by atoms with Gasteiger partial charge in [-0.05, 0) is 42.5 Å². The molecule has 140 valence electrons. The molecule has 1 amide bonds. The van der Waals surface area contributed by atoms with Crippen LogP contribution in [0.5, 0.6) is 0 Å². The second-order valence-corrected chi connectivity index (χ2v) is 7.44. The van der Waals surface area contributed by atoms with Crippen LogP contribution in [0.25, 0.3) is 10.9 Å². The van der Waals surface area contributed by atoms with E-state index in [9.17, 15) is 9.59 Å². The van der Waals surface area contributed by atoms with E-state index in [1.54, 1.807) is 29.8 Å². The largest absolute Gasteiger partial charge is 0.341 e. The van der Waals surface area contributed by atoms with Gasteiger partial charge in [0.2, 0.25) is 5.91 Å². The lowest BCUT2D eigenvalue weighted by atomic mass is 10.1. The minimum absolute atomic E-state index is 0.000169. The third kappa shape index (κ3) is 4.39. The van der Waals surface area contributed by atoms with Gasteiger partial charge in [-0.15, -0.1) is 11.8 Å². The summed E-state index contributed by atoms with van der Waals surface area (Å²) in [6.45, 7) is 2.81. The third-order valence-electron chi connectivity index (χ3n) is 4.63. The first-order valence-electron chi connectivity index (χ1n) is 8.81. The number of aromatic nitrogens is 2. The van der Waals surface area contributed by atoms with Gasteiger partial charge in [-0.1, -0.05) is 24.3 Å². The van der Waals surface area contributed by atoms with Gasteiger partial charge >= 0.3 is 0 Å². The SMILES string of the molecule is CSc1ccc(CN(C)C(=O)CCn2cnc3c(C)cccc3c2=O)cc1. The molecule has 27 heavy (non-hydrogen) atoms. The number of thioether (sulfide) groups is 1. The highest BCUT2D eigenvalue weighted by Crippen LogP contribution is 2.16. The molecule has 0 aliphatic heterocycles. The van der Waals surface area contributed by atoms with Crippen LogP contribution in [0, 0.1) is 6.92 Å². The maximum atomic E-state index is 12.6. The average Bonchev–Trinajstić information content (AvgIpc) is 2.68. The van der Waals surface area contributed by atoms with E-state index in [4.69, 9.17) is 0 Å². The molecular weight excluding hydrogens is 358 g/mol. The Hall–Kier alpha value is -2.60. The van der Waals surface area contributed by atoms with Crippen LogP contribution in [0.15, 0.2) is 58.5 Å². The molecule has 0 N–H and O–H groups in total. The van der Waals surface area contributed by atoms with Crippen LogP contribution in [0.4, 0.5) is 0 Å². The second kappa shape index (κ2) is 8.39. The van der Waals surface area contributed by atoms with Gasteiger partial charge in [-0.2, -0.15) is 0 Å². The number of rotatable bonds is 6. The van der Waals surface area contributed by atoms with Crippen LogP contribution in [0.1, 0.15) is 17.5 Å². The number of hydrogen-bond acceptors (Lipinski definition) is 4. The molecule has 3 aromatic rings. The predicted octanol–water partition coefficient (Wildman–Crippen LogP) is 3.48. The van der Waals surface area contributed by atoms with E-state index in [1.165, 1.54) is 15.8 Å². The first-order chi connectivity index (χ1) is 13.0. The molecule has 0 saturated carbocycles. The lowest BCUT2D eigenvalue weighted by molar-refractivity contribution is -0.130. The standard InChI is InChI=1S/C21H23N3O2S/c1-15-5-4-6-18-20(15)22-14-24(21(18)26)12-11-19(25)23(2)13-16-7-9-17(27-3)10-8-16/h4-10,14H,11-13H2,1-3H3. The maximum Gasteiger partial charge on any atom is 0.261 e. The molecule has 0 fully saturated rings. The van der Waals surface area contributed by atoms with Crippen molar-refractivity contribution in [2.75, 3.05) is 13.3 Å². The summed E-state index contributed by atoms with van der Waals surface area (Å²) in [7, 11) is 1.79. The van der Waals surface area contributed by atoms with E-state index in [0.29, 0.717) is 18.5 Å². The monoisotopic (exact) mass is 381 g/mol. The first-order valence-corrected chi connectivity index (χ1v) is 10.0. The van der Waals surface area contributed by atoms with Crippen molar-refractivity contribution in [3.63, 3.8) is 0 Å². The van der Waals surface area contributed by atoms with Crippen molar-refractivity contribution in [2.45, 2.75) is 31.3 Å². The second-order valence-electron chi connectivity index (χ2n) is 6.56. The van der Waals surface area contributed by atoms with Crippen molar-refractivity contribution in [2.24, 2.45) is 0 Å². The van der Waals surface area contributed by atoms with Gasteiger partial charge in [0.15, 0.2) is 0 Å². The molecule has 0 unspecified atom stereocenters. The Morgan fingerprint density at radius 3 is 2.63 bits per heavy atom. The fourth-order valence-electron chi connectivity index (χ4n) is 3.00. The molecule has 0 atom stereocenters. The Morgan fingerprint density at radius 2 is 1.93 bits per heavy atom. The molecule has 6 heteroatoms. The van der Waals surface area contributed by atoms with Gasteiger partial charge in [-0.25, -0.2) is 4.98 Å². The summed E-state index contributed by atoms with van der Waals surface area (Å²) in [4.78, 5) is 32.3. The minimum Gasteiger partial charge on any atom is -0.341 e. The average molecular weight is 382 g/mol.